The lowest BCUT2D eigenvalue weighted by atomic mass is 9.99. The van der Waals surface area contributed by atoms with Crippen molar-refractivity contribution in [3.8, 4) is 0 Å². The number of fused-ring (bicyclic) bond motifs is 11. The second-order valence-electron chi connectivity index (χ2n) is 17.1. The molecule has 0 saturated carbocycles. The quantitative estimate of drug-likeness (QED) is 0.227. The Morgan fingerprint density at radius 1 is 0.479 bits per heavy atom. The van der Waals surface area contributed by atoms with Crippen LogP contribution < -0.4 is 0 Å². The van der Waals surface area contributed by atoms with E-state index in [0.717, 1.165) is 21.9 Å². The molecule has 0 fully saturated rings. The second kappa shape index (κ2) is 16.2. The summed E-state index contributed by atoms with van der Waals surface area (Å²) in [5.74, 6) is 0.191. The molecule has 0 radical (unpaired) electrons. The highest BCUT2D eigenvalue weighted by Gasteiger charge is 2.31. The van der Waals surface area contributed by atoms with Gasteiger partial charge in [-0.05, 0) is 52.9 Å². The van der Waals surface area contributed by atoms with Gasteiger partial charge in [-0.1, -0.05) is 95.3 Å². The van der Waals surface area contributed by atoms with Crippen LogP contribution in [-0.2, 0) is 43.2 Å². The number of nitrogens with zero attached hydrogens (tertiary/aromatic N) is 3. The fourth-order valence-corrected chi connectivity index (χ4v) is 19.2. The summed E-state index contributed by atoms with van der Waals surface area (Å²) < 4.78 is 87.7. The Hall–Kier alpha value is -0.919. The van der Waals surface area contributed by atoms with Crippen LogP contribution in [0.4, 0.5) is 0 Å². The molecule has 2 aliphatic heterocycles. The van der Waals surface area contributed by atoms with Gasteiger partial charge < -0.3 is 0 Å². The predicted octanol–water partition coefficient (Wildman–Crippen LogP) is 6.54. The van der Waals surface area contributed by atoms with Crippen molar-refractivity contribution in [1.29, 1.82) is 0 Å². The first kappa shape index (κ1) is 41.5. The fourth-order valence-electron chi connectivity index (χ4n) is 5.64. The summed E-state index contributed by atoms with van der Waals surface area (Å²) in [6, 6.07) is 13.6. The first-order chi connectivity index (χ1) is 21.9. The Bertz CT molecular complexity index is 1610. The molecule has 4 rings (SSSR count). The van der Waals surface area contributed by atoms with E-state index in [4.69, 9.17) is 0 Å². The van der Waals surface area contributed by atoms with Crippen molar-refractivity contribution in [3.63, 3.8) is 0 Å². The summed E-state index contributed by atoms with van der Waals surface area (Å²) in [4.78, 5) is 0. The SMILES string of the molecule is C[Si](C)(C)CCS(=O)(=O)N1CCCN(S(=O)(=O)CC[Si](C)(C)C)Cc2ccc(c3ccccc23)CN(S(=O)(=O)CC[Si](C)(C)C)CCC1. The topological polar surface area (TPSA) is 112 Å². The molecule has 2 aliphatic rings. The van der Waals surface area contributed by atoms with Crippen molar-refractivity contribution < 1.29 is 25.3 Å². The molecule has 0 aromatic heterocycles. The molecule has 0 amide bonds. The van der Waals surface area contributed by atoms with Crippen molar-refractivity contribution >= 4 is 65.1 Å². The molecule has 15 heteroatoms. The van der Waals surface area contributed by atoms with Gasteiger partial charge in [-0.25, -0.2) is 29.6 Å². The number of hydrogen-bond acceptors (Lipinski definition) is 6. The summed E-state index contributed by atoms with van der Waals surface area (Å²) >= 11 is 0. The van der Waals surface area contributed by atoms with Gasteiger partial charge in [0.2, 0.25) is 30.1 Å². The molecule has 0 N–H and O–H groups in total. The third-order valence-electron chi connectivity index (χ3n) is 8.94. The molecule has 0 unspecified atom stereocenters. The van der Waals surface area contributed by atoms with Gasteiger partial charge in [0.1, 0.15) is 0 Å². The van der Waals surface area contributed by atoms with Crippen molar-refractivity contribution in [2.24, 2.45) is 0 Å². The Balaban J connectivity index is 2.10. The standard InChI is InChI=1S/C33H61N3O6S3Si3/c1-46(2,3)25-22-43(37,38)34-18-12-20-35(44(39,40)23-26-47(4,5)6)28-30-16-17-31(33-15-11-10-14-32(30)33)29-36(21-13-19-34)45(41,42)24-27-48(7,8)9/h10-11,14-17H,12-13,18-29H2,1-9H3. The van der Waals surface area contributed by atoms with Crippen LogP contribution in [0.25, 0.3) is 10.8 Å². The van der Waals surface area contributed by atoms with Gasteiger partial charge in [0.05, 0.1) is 17.3 Å². The van der Waals surface area contributed by atoms with Crippen LogP contribution in [0.3, 0.4) is 0 Å². The third kappa shape index (κ3) is 13.0. The molecule has 2 aromatic carbocycles. The number of benzene rings is 2. The summed E-state index contributed by atoms with van der Waals surface area (Å²) in [6.45, 7) is 20.6. The Kier molecular flexibility index (Phi) is 14.0. The normalized spacial score (nSPS) is 18.2. The van der Waals surface area contributed by atoms with E-state index in [2.05, 4.69) is 58.9 Å². The minimum atomic E-state index is -3.63. The molecule has 0 saturated heterocycles. The lowest BCUT2D eigenvalue weighted by Gasteiger charge is -2.28. The zero-order valence-electron chi connectivity index (χ0n) is 30.9. The van der Waals surface area contributed by atoms with Crippen molar-refractivity contribution in [2.75, 3.05) is 43.4 Å². The van der Waals surface area contributed by atoms with Crippen LogP contribution in [-0.4, -0.2) is 106 Å². The summed E-state index contributed by atoms with van der Waals surface area (Å²) in [5.41, 5.74) is 1.71. The van der Waals surface area contributed by atoms with E-state index in [-0.39, 0.29) is 56.5 Å². The smallest absolute Gasteiger partial charge is 0.212 e. The lowest BCUT2D eigenvalue weighted by Crippen LogP contribution is -2.41. The van der Waals surface area contributed by atoms with E-state index in [9.17, 15) is 25.3 Å². The predicted molar refractivity (Wildman–Crippen MR) is 211 cm³/mol. The number of sulfonamides is 3. The van der Waals surface area contributed by atoms with Crippen molar-refractivity contribution in [3.05, 3.63) is 47.5 Å². The summed E-state index contributed by atoms with van der Waals surface area (Å²) in [5, 5.41) is 1.82. The van der Waals surface area contributed by atoms with Crippen LogP contribution in [0, 0.1) is 0 Å². The molecule has 2 aromatic rings. The maximum Gasteiger partial charge on any atom is 0.214 e. The molecule has 0 aliphatic carbocycles. The van der Waals surface area contributed by atoms with E-state index < -0.39 is 54.3 Å². The van der Waals surface area contributed by atoms with Gasteiger partial charge in [0.15, 0.2) is 0 Å². The Labute approximate surface area is 295 Å². The van der Waals surface area contributed by atoms with Crippen molar-refractivity contribution in [1.82, 2.24) is 12.9 Å². The highest BCUT2D eigenvalue weighted by Crippen LogP contribution is 2.28. The first-order valence-electron chi connectivity index (χ1n) is 17.3. The van der Waals surface area contributed by atoms with Gasteiger partial charge in [-0.15, -0.1) is 0 Å². The van der Waals surface area contributed by atoms with E-state index in [1.165, 1.54) is 4.31 Å². The zero-order valence-corrected chi connectivity index (χ0v) is 36.3. The number of hydrogen-bond donors (Lipinski definition) is 0. The highest BCUT2D eigenvalue weighted by atomic mass is 32.2. The average Bonchev–Trinajstić information content (AvgIpc) is 2.96. The molecule has 2 bridgehead atoms. The third-order valence-corrected chi connectivity index (χ3v) is 20.8. The summed E-state index contributed by atoms with van der Waals surface area (Å²) in [7, 11) is -15.8. The molecule has 0 atom stereocenters. The van der Waals surface area contributed by atoms with E-state index in [0.29, 0.717) is 31.0 Å². The van der Waals surface area contributed by atoms with Gasteiger partial charge in [0.25, 0.3) is 0 Å². The van der Waals surface area contributed by atoms with E-state index >= 15 is 0 Å². The number of rotatable bonds is 12. The van der Waals surface area contributed by atoms with Crippen LogP contribution in [0.1, 0.15) is 24.0 Å². The molecular formula is C33H61N3O6S3Si3. The summed E-state index contributed by atoms with van der Waals surface area (Å²) in [6.07, 6.45) is 0.708. The highest BCUT2D eigenvalue weighted by molar-refractivity contribution is 7.89. The average molecular weight is 776 g/mol. The molecule has 274 valence electrons. The first-order valence-corrected chi connectivity index (χ1v) is 33.3. The molecule has 0 spiro atoms. The van der Waals surface area contributed by atoms with Crippen LogP contribution in [0.5, 0.6) is 0 Å². The maximum atomic E-state index is 13.9. The molecule has 48 heavy (non-hydrogen) atoms. The monoisotopic (exact) mass is 775 g/mol. The maximum absolute atomic E-state index is 13.9. The molecular weight excluding hydrogens is 715 g/mol. The van der Waals surface area contributed by atoms with Crippen LogP contribution in [0.15, 0.2) is 36.4 Å². The largest absolute Gasteiger partial charge is 0.214 e. The minimum absolute atomic E-state index is 0.0499. The van der Waals surface area contributed by atoms with Gasteiger partial charge in [0, 0.05) is 63.5 Å². The Morgan fingerprint density at radius 2 is 0.771 bits per heavy atom. The molecule has 9 nitrogen and oxygen atoms in total. The van der Waals surface area contributed by atoms with Crippen molar-refractivity contribution in [2.45, 2.75) is 103 Å². The zero-order chi connectivity index (χ0) is 36.2. The minimum Gasteiger partial charge on any atom is -0.212 e. The van der Waals surface area contributed by atoms with Crippen LogP contribution in [0.2, 0.25) is 77.1 Å². The Morgan fingerprint density at radius 3 is 1.08 bits per heavy atom. The van der Waals surface area contributed by atoms with Gasteiger partial charge in [-0.2, -0.15) is 8.61 Å². The van der Waals surface area contributed by atoms with E-state index in [1.54, 1.807) is 8.61 Å². The lowest BCUT2D eigenvalue weighted by molar-refractivity contribution is 0.336. The van der Waals surface area contributed by atoms with E-state index in [1.807, 2.05) is 36.4 Å². The molecule has 2 heterocycles. The van der Waals surface area contributed by atoms with Gasteiger partial charge in [-0.3, -0.25) is 0 Å². The van der Waals surface area contributed by atoms with Gasteiger partial charge >= 0.3 is 0 Å². The second-order valence-corrected chi connectivity index (χ2v) is 40.2. The fraction of sp³-hybridized carbons (Fsp3) is 0.697. The van der Waals surface area contributed by atoms with Crippen LogP contribution >= 0.6 is 0 Å².